The Hall–Kier alpha value is -2.04. The number of nitrogens with two attached hydrogens (primary N) is 1. The van der Waals surface area contributed by atoms with E-state index in [1.165, 1.54) is 0 Å². The Bertz CT molecular complexity index is 501. The highest BCUT2D eigenvalue weighted by molar-refractivity contribution is 5.53. The average Bonchev–Trinajstić information content (AvgIpc) is 2.48. The second-order valence-electron chi connectivity index (χ2n) is 3.67. The molecule has 2 aromatic rings. The molecule has 0 saturated carbocycles. The molecule has 2 heterocycles. The van der Waals surface area contributed by atoms with Crippen LogP contribution < -0.4 is 10.5 Å². The highest BCUT2D eigenvalue weighted by Gasteiger charge is 2.12. The smallest absolute Gasteiger partial charge is 0.241 e. The summed E-state index contributed by atoms with van der Waals surface area (Å²) in [5.74, 6) is 1.20. The minimum absolute atomic E-state index is 0.545. The van der Waals surface area contributed by atoms with Crippen LogP contribution in [0.5, 0.6) is 11.6 Å². The molecule has 0 spiro atoms. The van der Waals surface area contributed by atoms with E-state index in [9.17, 15) is 0 Å². The molecule has 0 aliphatic rings. The first-order valence-corrected chi connectivity index (χ1v) is 4.97. The zero-order valence-electron chi connectivity index (χ0n) is 9.56. The third-order valence-electron chi connectivity index (χ3n) is 2.31. The van der Waals surface area contributed by atoms with Gasteiger partial charge in [0.15, 0.2) is 0 Å². The van der Waals surface area contributed by atoms with E-state index in [1.54, 1.807) is 17.9 Å². The molecular weight excluding hydrogens is 204 g/mol. The quantitative estimate of drug-likeness (QED) is 0.834. The van der Waals surface area contributed by atoms with Gasteiger partial charge in [-0.2, -0.15) is 5.10 Å². The first kappa shape index (κ1) is 10.5. The number of aromatic nitrogens is 3. The summed E-state index contributed by atoms with van der Waals surface area (Å²) in [5.41, 5.74) is 8.12. The normalized spacial score (nSPS) is 10.4. The van der Waals surface area contributed by atoms with Crippen LogP contribution in [0.3, 0.4) is 0 Å². The van der Waals surface area contributed by atoms with Crippen molar-refractivity contribution in [1.29, 1.82) is 0 Å². The molecule has 0 amide bonds. The minimum Gasteiger partial charge on any atom is -0.436 e. The van der Waals surface area contributed by atoms with Gasteiger partial charge in [0.1, 0.15) is 11.4 Å². The Morgan fingerprint density at radius 2 is 2.06 bits per heavy atom. The van der Waals surface area contributed by atoms with Gasteiger partial charge in [0, 0.05) is 12.7 Å². The predicted molar refractivity (Wildman–Crippen MR) is 61.4 cm³/mol. The van der Waals surface area contributed by atoms with E-state index in [2.05, 4.69) is 10.1 Å². The lowest BCUT2D eigenvalue weighted by Gasteiger charge is -2.06. The zero-order chi connectivity index (χ0) is 11.7. The van der Waals surface area contributed by atoms with Gasteiger partial charge in [-0.15, -0.1) is 0 Å². The summed E-state index contributed by atoms with van der Waals surface area (Å²) in [7, 11) is 1.79. The topological polar surface area (TPSA) is 66.0 Å². The molecule has 5 nitrogen and oxygen atoms in total. The summed E-state index contributed by atoms with van der Waals surface area (Å²) in [6, 6.07) is 3.73. The number of pyridine rings is 1. The molecule has 0 aliphatic heterocycles. The van der Waals surface area contributed by atoms with Crippen LogP contribution in [-0.2, 0) is 7.05 Å². The Kier molecular flexibility index (Phi) is 2.52. The first-order chi connectivity index (χ1) is 7.58. The second-order valence-corrected chi connectivity index (χ2v) is 3.67. The predicted octanol–water partition coefficient (Wildman–Crippen LogP) is 1.81. The number of rotatable bonds is 2. The van der Waals surface area contributed by atoms with Gasteiger partial charge in [-0.25, -0.2) is 4.68 Å². The minimum atomic E-state index is 0.545. The molecule has 84 valence electrons. The van der Waals surface area contributed by atoms with Crippen molar-refractivity contribution in [3.8, 4) is 11.6 Å². The van der Waals surface area contributed by atoms with Crippen LogP contribution in [0.25, 0.3) is 0 Å². The average molecular weight is 218 g/mol. The van der Waals surface area contributed by atoms with Crippen LogP contribution in [0.1, 0.15) is 11.4 Å². The largest absolute Gasteiger partial charge is 0.436 e. The molecule has 0 fully saturated rings. The molecule has 0 atom stereocenters. The van der Waals surface area contributed by atoms with Crippen LogP contribution in [0.15, 0.2) is 18.3 Å². The summed E-state index contributed by atoms with van der Waals surface area (Å²) < 4.78 is 7.24. The molecule has 0 bridgehead atoms. The van der Waals surface area contributed by atoms with Crippen LogP contribution >= 0.6 is 0 Å². The fourth-order valence-electron chi connectivity index (χ4n) is 1.40. The lowest BCUT2D eigenvalue weighted by Crippen LogP contribution is -1.97. The van der Waals surface area contributed by atoms with E-state index in [-0.39, 0.29) is 0 Å². The summed E-state index contributed by atoms with van der Waals surface area (Å²) in [5, 5.41) is 4.17. The van der Waals surface area contributed by atoms with Crippen molar-refractivity contribution in [2.24, 2.45) is 7.05 Å². The molecule has 0 radical (unpaired) electrons. The molecule has 0 saturated heterocycles. The molecule has 0 unspecified atom stereocenters. The standard InChI is InChI=1S/C11H14N4O/c1-7-4-5-9(6-13-7)16-11-10(12)8(2)14-15(11)3/h4-6H,12H2,1-3H3. The van der Waals surface area contributed by atoms with E-state index in [1.807, 2.05) is 26.0 Å². The summed E-state index contributed by atoms with van der Waals surface area (Å²) in [4.78, 5) is 4.15. The Morgan fingerprint density at radius 3 is 2.56 bits per heavy atom. The molecule has 0 aromatic carbocycles. The Balaban J connectivity index is 2.30. The maximum Gasteiger partial charge on any atom is 0.241 e. The number of ether oxygens (including phenoxy) is 1. The highest BCUT2D eigenvalue weighted by Crippen LogP contribution is 2.28. The molecule has 16 heavy (non-hydrogen) atoms. The van der Waals surface area contributed by atoms with E-state index < -0.39 is 0 Å². The van der Waals surface area contributed by atoms with E-state index in [0.29, 0.717) is 17.3 Å². The summed E-state index contributed by atoms with van der Waals surface area (Å²) in [6.45, 7) is 3.77. The molecular formula is C11H14N4O. The van der Waals surface area contributed by atoms with Crippen molar-refractivity contribution in [2.75, 3.05) is 5.73 Å². The Morgan fingerprint density at radius 1 is 1.31 bits per heavy atom. The maximum atomic E-state index is 5.85. The molecule has 2 N–H and O–H groups in total. The van der Waals surface area contributed by atoms with Crippen molar-refractivity contribution in [3.63, 3.8) is 0 Å². The molecule has 0 aliphatic carbocycles. The van der Waals surface area contributed by atoms with Crippen molar-refractivity contribution in [3.05, 3.63) is 29.7 Å². The van der Waals surface area contributed by atoms with Gasteiger partial charge < -0.3 is 10.5 Å². The summed E-state index contributed by atoms with van der Waals surface area (Å²) in [6.07, 6.45) is 1.66. The fraction of sp³-hybridized carbons (Fsp3) is 0.273. The van der Waals surface area contributed by atoms with E-state index in [4.69, 9.17) is 10.5 Å². The number of anilines is 1. The van der Waals surface area contributed by atoms with Gasteiger partial charge in [-0.05, 0) is 26.0 Å². The maximum absolute atomic E-state index is 5.85. The van der Waals surface area contributed by atoms with Crippen LogP contribution in [0.4, 0.5) is 5.69 Å². The molecule has 2 aromatic heterocycles. The van der Waals surface area contributed by atoms with Gasteiger partial charge in [-0.3, -0.25) is 4.98 Å². The van der Waals surface area contributed by atoms with Crippen LogP contribution in [0, 0.1) is 13.8 Å². The number of hydrogen-bond donors (Lipinski definition) is 1. The number of nitrogen functional groups attached to an aromatic ring is 1. The summed E-state index contributed by atoms with van der Waals surface area (Å²) >= 11 is 0. The number of aryl methyl sites for hydroxylation is 3. The fourth-order valence-corrected chi connectivity index (χ4v) is 1.40. The van der Waals surface area contributed by atoms with Gasteiger partial charge in [0.05, 0.1) is 11.9 Å². The lowest BCUT2D eigenvalue weighted by molar-refractivity contribution is 0.430. The van der Waals surface area contributed by atoms with E-state index in [0.717, 1.165) is 11.4 Å². The van der Waals surface area contributed by atoms with Crippen LogP contribution in [0.2, 0.25) is 0 Å². The van der Waals surface area contributed by atoms with E-state index >= 15 is 0 Å². The highest BCUT2D eigenvalue weighted by atomic mass is 16.5. The third-order valence-corrected chi connectivity index (χ3v) is 2.31. The molecule has 5 heteroatoms. The van der Waals surface area contributed by atoms with Crippen LogP contribution in [-0.4, -0.2) is 14.8 Å². The number of nitrogens with zero attached hydrogens (tertiary/aromatic N) is 3. The van der Waals surface area contributed by atoms with Gasteiger partial charge >= 0.3 is 0 Å². The second kappa shape index (κ2) is 3.84. The monoisotopic (exact) mass is 218 g/mol. The van der Waals surface area contributed by atoms with Crippen molar-refractivity contribution in [1.82, 2.24) is 14.8 Å². The van der Waals surface area contributed by atoms with Crippen molar-refractivity contribution < 1.29 is 4.74 Å². The first-order valence-electron chi connectivity index (χ1n) is 4.97. The van der Waals surface area contributed by atoms with Crippen molar-refractivity contribution in [2.45, 2.75) is 13.8 Å². The Labute approximate surface area is 93.9 Å². The number of hydrogen-bond acceptors (Lipinski definition) is 4. The zero-order valence-corrected chi connectivity index (χ0v) is 9.56. The lowest BCUT2D eigenvalue weighted by atomic mass is 10.4. The van der Waals surface area contributed by atoms with Gasteiger partial charge in [0.25, 0.3) is 0 Å². The van der Waals surface area contributed by atoms with Gasteiger partial charge in [0.2, 0.25) is 5.88 Å². The van der Waals surface area contributed by atoms with Gasteiger partial charge in [-0.1, -0.05) is 0 Å². The molecule has 2 rings (SSSR count). The SMILES string of the molecule is Cc1ccc(Oc2c(N)c(C)nn2C)cn1. The third kappa shape index (κ3) is 1.84. The van der Waals surface area contributed by atoms with Crippen molar-refractivity contribution >= 4 is 5.69 Å².